The fourth-order valence-corrected chi connectivity index (χ4v) is 2.36. The first-order valence-electron chi connectivity index (χ1n) is 4.96. The van der Waals surface area contributed by atoms with Crippen molar-refractivity contribution in [2.24, 2.45) is 5.41 Å². The summed E-state index contributed by atoms with van der Waals surface area (Å²) in [5.74, 6) is 0. The Labute approximate surface area is 93.2 Å². The molecule has 2 rings (SSSR count). The van der Waals surface area contributed by atoms with Crippen LogP contribution in [0.15, 0.2) is 12.2 Å². The SMILES string of the molecule is C=C1CCC(C)(COc2nnc(N)s2)C1. The fraction of sp³-hybridized carbons (Fsp3) is 0.600. The topological polar surface area (TPSA) is 61.0 Å². The number of anilines is 1. The van der Waals surface area contributed by atoms with Crippen molar-refractivity contribution in [2.75, 3.05) is 12.3 Å². The predicted octanol–water partition coefficient (Wildman–Crippen LogP) is 2.25. The van der Waals surface area contributed by atoms with Crippen LogP contribution < -0.4 is 10.5 Å². The minimum atomic E-state index is 0.206. The molecule has 4 nitrogen and oxygen atoms in total. The normalized spacial score (nSPS) is 25.8. The molecule has 0 saturated heterocycles. The Kier molecular flexibility index (Phi) is 2.65. The summed E-state index contributed by atoms with van der Waals surface area (Å²) in [5.41, 5.74) is 6.99. The molecule has 5 heteroatoms. The van der Waals surface area contributed by atoms with Gasteiger partial charge in [0.2, 0.25) is 5.13 Å². The maximum absolute atomic E-state index is 5.59. The van der Waals surface area contributed by atoms with Gasteiger partial charge in [-0.2, -0.15) is 0 Å². The lowest BCUT2D eigenvalue weighted by molar-refractivity contribution is 0.169. The van der Waals surface area contributed by atoms with Crippen molar-refractivity contribution in [1.82, 2.24) is 10.2 Å². The molecule has 1 fully saturated rings. The summed E-state index contributed by atoms with van der Waals surface area (Å²) in [7, 11) is 0. The molecule has 1 aliphatic rings. The molecule has 1 unspecified atom stereocenters. The molecule has 1 aliphatic carbocycles. The van der Waals surface area contributed by atoms with Gasteiger partial charge >= 0.3 is 0 Å². The highest BCUT2D eigenvalue weighted by Gasteiger charge is 2.31. The van der Waals surface area contributed by atoms with E-state index in [1.165, 1.54) is 16.9 Å². The van der Waals surface area contributed by atoms with E-state index >= 15 is 0 Å². The molecule has 1 atom stereocenters. The quantitative estimate of drug-likeness (QED) is 0.801. The fourth-order valence-electron chi connectivity index (χ4n) is 1.90. The smallest absolute Gasteiger partial charge is 0.295 e. The summed E-state index contributed by atoms with van der Waals surface area (Å²) in [6.45, 7) is 6.89. The highest BCUT2D eigenvalue weighted by atomic mass is 32.1. The summed E-state index contributed by atoms with van der Waals surface area (Å²) in [5, 5.41) is 8.54. The summed E-state index contributed by atoms with van der Waals surface area (Å²) in [6, 6.07) is 0. The number of nitrogen functional groups attached to an aromatic ring is 1. The molecule has 0 radical (unpaired) electrons. The van der Waals surface area contributed by atoms with Crippen LogP contribution in [0.2, 0.25) is 0 Å². The molecule has 0 bridgehead atoms. The number of hydrogen-bond donors (Lipinski definition) is 1. The number of hydrogen-bond acceptors (Lipinski definition) is 5. The molecule has 0 aromatic carbocycles. The molecule has 1 saturated carbocycles. The van der Waals surface area contributed by atoms with Crippen molar-refractivity contribution in [3.8, 4) is 5.19 Å². The minimum Gasteiger partial charge on any atom is -0.468 e. The van der Waals surface area contributed by atoms with E-state index < -0.39 is 0 Å². The predicted molar refractivity (Wildman–Crippen MR) is 60.9 cm³/mol. The first-order valence-corrected chi connectivity index (χ1v) is 5.77. The number of rotatable bonds is 3. The number of nitrogens with zero attached hydrogens (tertiary/aromatic N) is 2. The molecule has 1 heterocycles. The molecule has 82 valence electrons. The molecule has 0 amide bonds. The van der Waals surface area contributed by atoms with Crippen LogP contribution in [0.3, 0.4) is 0 Å². The van der Waals surface area contributed by atoms with Crippen molar-refractivity contribution < 1.29 is 4.74 Å². The van der Waals surface area contributed by atoms with Gasteiger partial charge in [-0.25, -0.2) is 0 Å². The van der Waals surface area contributed by atoms with Crippen molar-refractivity contribution in [1.29, 1.82) is 0 Å². The van der Waals surface area contributed by atoms with Crippen LogP contribution in [0, 0.1) is 5.41 Å². The van der Waals surface area contributed by atoms with Gasteiger partial charge in [-0.1, -0.05) is 24.2 Å². The first kappa shape index (κ1) is 10.4. The van der Waals surface area contributed by atoms with E-state index in [9.17, 15) is 0 Å². The number of aromatic nitrogens is 2. The third-order valence-electron chi connectivity index (χ3n) is 2.73. The molecule has 1 aromatic heterocycles. The standard InChI is InChI=1S/C10H15N3OS/c1-7-3-4-10(2,5-7)6-14-9-13-12-8(11)15-9/h1,3-6H2,2H3,(H2,11,12). The van der Waals surface area contributed by atoms with Crippen LogP contribution in [0.5, 0.6) is 5.19 Å². The maximum atomic E-state index is 5.59. The van der Waals surface area contributed by atoms with Gasteiger partial charge in [0.1, 0.15) is 0 Å². The van der Waals surface area contributed by atoms with E-state index in [4.69, 9.17) is 10.5 Å². The van der Waals surface area contributed by atoms with Gasteiger partial charge < -0.3 is 10.5 Å². The average Bonchev–Trinajstić information content (AvgIpc) is 2.71. The van der Waals surface area contributed by atoms with E-state index in [0.717, 1.165) is 19.3 Å². The summed E-state index contributed by atoms with van der Waals surface area (Å²) in [6.07, 6.45) is 3.29. The maximum Gasteiger partial charge on any atom is 0.295 e. The van der Waals surface area contributed by atoms with Gasteiger partial charge in [-0.15, -0.1) is 5.10 Å². The van der Waals surface area contributed by atoms with Crippen molar-refractivity contribution in [2.45, 2.75) is 26.2 Å². The Morgan fingerprint density at radius 1 is 1.60 bits per heavy atom. The third kappa shape index (κ3) is 2.47. The zero-order chi connectivity index (χ0) is 10.9. The average molecular weight is 225 g/mol. The number of nitrogens with two attached hydrogens (primary N) is 1. The van der Waals surface area contributed by atoms with E-state index in [0.29, 0.717) is 16.9 Å². The largest absolute Gasteiger partial charge is 0.468 e. The molecular formula is C10H15N3OS. The van der Waals surface area contributed by atoms with Crippen molar-refractivity contribution in [3.05, 3.63) is 12.2 Å². The van der Waals surface area contributed by atoms with Crippen LogP contribution in [0.1, 0.15) is 26.2 Å². The van der Waals surface area contributed by atoms with Gasteiger partial charge in [0.15, 0.2) is 0 Å². The Hall–Kier alpha value is -1.10. The van der Waals surface area contributed by atoms with Crippen LogP contribution in [-0.4, -0.2) is 16.8 Å². The molecule has 2 N–H and O–H groups in total. The zero-order valence-corrected chi connectivity index (χ0v) is 9.64. The highest BCUT2D eigenvalue weighted by Crippen LogP contribution is 2.40. The molecule has 15 heavy (non-hydrogen) atoms. The minimum absolute atomic E-state index is 0.206. The zero-order valence-electron chi connectivity index (χ0n) is 8.82. The van der Waals surface area contributed by atoms with Crippen LogP contribution in [0.25, 0.3) is 0 Å². The van der Waals surface area contributed by atoms with Crippen LogP contribution in [0.4, 0.5) is 5.13 Å². The Morgan fingerprint density at radius 3 is 2.93 bits per heavy atom. The number of ether oxygens (including phenoxy) is 1. The van der Waals surface area contributed by atoms with Crippen LogP contribution >= 0.6 is 11.3 Å². The number of allylic oxidation sites excluding steroid dienone is 1. The van der Waals surface area contributed by atoms with E-state index in [1.807, 2.05) is 0 Å². The lowest BCUT2D eigenvalue weighted by Crippen LogP contribution is -2.21. The Bertz CT molecular complexity index is 376. The lowest BCUT2D eigenvalue weighted by Gasteiger charge is -2.21. The Morgan fingerprint density at radius 2 is 2.40 bits per heavy atom. The summed E-state index contributed by atoms with van der Waals surface area (Å²) < 4.78 is 5.59. The van der Waals surface area contributed by atoms with Gasteiger partial charge in [0.25, 0.3) is 5.19 Å². The van der Waals surface area contributed by atoms with Gasteiger partial charge in [0, 0.05) is 5.41 Å². The first-order chi connectivity index (χ1) is 7.07. The second-order valence-electron chi connectivity index (χ2n) is 4.43. The van der Waals surface area contributed by atoms with E-state index in [1.54, 1.807) is 0 Å². The second-order valence-corrected chi connectivity index (χ2v) is 5.40. The van der Waals surface area contributed by atoms with Crippen molar-refractivity contribution >= 4 is 16.5 Å². The highest BCUT2D eigenvalue weighted by molar-refractivity contribution is 7.16. The lowest BCUT2D eigenvalue weighted by atomic mass is 9.90. The van der Waals surface area contributed by atoms with E-state index in [-0.39, 0.29) is 5.41 Å². The van der Waals surface area contributed by atoms with Gasteiger partial charge in [0.05, 0.1) is 6.61 Å². The molecule has 0 spiro atoms. The Balaban J connectivity index is 1.90. The monoisotopic (exact) mass is 225 g/mol. The van der Waals surface area contributed by atoms with Gasteiger partial charge in [-0.05, 0) is 30.6 Å². The summed E-state index contributed by atoms with van der Waals surface area (Å²) >= 11 is 1.28. The van der Waals surface area contributed by atoms with Crippen molar-refractivity contribution in [3.63, 3.8) is 0 Å². The third-order valence-corrected chi connectivity index (χ3v) is 3.39. The molecular weight excluding hydrogens is 210 g/mol. The summed E-state index contributed by atoms with van der Waals surface area (Å²) in [4.78, 5) is 0. The molecule has 1 aromatic rings. The van der Waals surface area contributed by atoms with Gasteiger partial charge in [-0.3, -0.25) is 0 Å². The van der Waals surface area contributed by atoms with Crippen LogP contribution in [-0.2, 0) is 0 Å². The van der Waals surface area contributed by atoms with E-state index in [2.05, 4.69) is 23.7 Å². The molecule has 0 aliphatic heterocycles. The second kappa shape index (κ2) is 3.81.